The van der Waals surface area contributed by atoms with E-state index in [2.05, 4.69) is 0 Å². The Morgan fingerprint density at radius 1 is 1.11 bits per heavy atom. The maximum absolute atomic E-state index is 13.0. The molecule has 2 aliphatic rings. The van der Waals surface area contributed by atoms with E-state index < -0.39 is 40.5 Å². The molecule has 4 rings (SSSR count). The molecule has 0 spiro atoms. The van der Waals surface area contributed by atoms with Gasteiger partial charge in [0, 0.05) is 5.57 Å². The number of aliphatic hydroxyl groups excluding tert-OH is 1. The molecule has 0 bridgehead atoms. The van der Waals surface area contributed by atoms with Crippen molar-refractivity contribution in [3.63, 3.8) is 0 Å². The van der Waals surface area contributed by atoms with E-state index in [1.54, 1.807) is 12.1 Å². The summed E-state index contributed by atoms with van der Waals surface area (Å²) < 4.78 is 0. The molecule has 8 nitrogen and oxygen atoms in total. The van der Waals surface area contributed by atoms with Gasteiger partial charge in [-0.15, -0.1) is 12.4 Å². The first-order valence-electron chi connectivity index (χ1n) is 7.89. The molecule has 0 aromatic heterocycles. The molecule has 0 saturated carbocycles. The lowest BCUT2D eigenvalue weighted by atomic mass is 9.68. The summed E-state index contributed by atoms with van der Waals surface area (Å²) >= 11 is 0. The van der Waals surface area contributed by atoms with Crippen LogP contribution in [0.5, 0.6) is 11.5 Å². The summed E-state index contributed by atoms with van der Waals surface area (Å²) in [5, 5.41) is 41.8. The molecular formula is C19H14ClNO7. The fourth-order valence-corrected chi connectivity index (χ4v) is 3.63. The van der Waals surface area contributed by atoms with E-state index in [4.69, 9.17) is 5.73 Å². The summed E-state index contributed by atoms with van der Waals surface area (Å²) in [6, 6.07) is 5.95. The van der Waals surface area contributed by atoms with Crippen molar-refractivity contribution in [3.05, 3.63) is 52.8 Å². The van der Waals surface area contributed by atoms with Crippen LogP contribution in [0.3, 0.4) is 0 Å². The first-order chi connectivity index (χ1) is 12.7. The molecule has 0 fully saturated rings. The number of hydrogen-bond acceptors (Lipinski definition) is 7. The van der Waals surface area contributed by atoms with Crippen LogP contribution < -0.4 is 5.73 Å². The number of primary amides is 1. The van der Waals surface area contributed by atoms with E-state index in [-0.39, 0.29) is 40.2 Å². The number of phenols is 2. The van der Waals surface area contributed by atoms with Gasteiger partial charge < -0.3 is 26.2 Å². The third-order valence-electron chi connectivity index (χ3n) is 4.93. The smallest absolute Gasteiger partial charge is 0.235 e. The van der Waals surface area contributed by atoms with Crippen molar-refractivity contribution < 1.29 is 34.8 Å². The number of amides is 1. The molecule has 0 heterocycles. The fraction of sp³-hybridized carbons (Fsp3) is 0.105. The average Bonchev–Trinajstić information content (AvgIpc) is 2.57. The van der Waals surface area contributed by atoms with Crippen LogP contribution in [0.25, 0.3) is 16.8 Å². The van der Waals surface area contributed by atoms with Gasteiger partial charge >= 0.3 is 0 Å². The van der Waals surface area contributed by atoms with Crippen LogP contribution in [-0.4, -0.2) is 43.5 Å². The third kappa shape index (κ3) is 2.25. The van der Waals surface area contributed by atoms with Gasteiger partial charge in [0.15, 0.2) is 11.7 Å². The Labute approximate surface area is 163 Å². The van der Waals surface area contributed by atoms with E-state index in [1.807, 2.05) is 0 Å². The minimum Gasteiger partial charge on any atom is -0.511 e. The molecule has 2 unspecified atom stereocenters. The Morgan fingerprint density at radius 3 is 2.43 bits per heavy atom. The highest BCUT2D eigenvalue weighted by Crippen LogP contribution is 2.46. The summed E-state index contributed by atoms with van der Waals surface area (Å²) in [4.78, 5) is 37.2. The molecule has 0 aliphatic heterocycles. The maximum Gasteiger partial charge on any atom is 0.235 e. The summed E-state index contributed by atoms with van der Waals surface area (Å²) in [6.07, 6.45) is 2.20. The Morgan fingerprint density at radius 2 is 1.79 bits per heavy atom. The normalized spacial score (nSPS) is 23.2. The van der Waals surface area contributed by atoms with Crippen molar-refractivity contribution in [1.29, 1.82) is 0 Å². The highest BCUT2D eigenvalue weighted by Gasteiger charge is 2.57. The van der Waals surface area contributed by atoms with Crippen molar-refractivity contribution >= 4 is 46.7 Å². The Hall–Kier alpha value is -3.36. The molecule has 2 atom stereocenters. The maximum atomic E-state index is 13.0. The molecule has 0 radical (unpaired) electrons. The van der Waals surface area contributed by atoms with Crippen molar-refractivity contribution in [2.75, 3.05) is 0 Å². The number of rotatable bonds is 1. The van der Waals surface area contributed by atoms with E-state index in [1.165, 1.54) is 18.2 Å². The van der Waals surface area contributed by atoms with Crippen LogP contribution in [0.2, 0.25) is 0 Å². The van der Waals surface area contributed by atoms with Gasteiger partial charge in [-0.3, -0.25) is 14.4 Å². The largest absolute Gasteiger partial charge is 0.511 e. The molecule has 144 valence electrons. The summed E-state index contributed by atoms with van der Waals surface area (Å²) in [5.74, 6) is -7.14. The Balaban J connectivity index is 0.00000225. The van der Waals surface area contributed by atoms with Crippen LogP contribution in [0.1, 0.15) is 15.9 Å². The van der Waals surface area contributed by atoms with Crippen LogP contribution in [0.15, 0.2) is 41.7 Å². The van der Waals surface area contributed by atoms with Gasteiger partial charge in [0.2, 0.25) is 17.3 Å². The number of phenolic OH excluding ortho intramolecular Hbond substituents is 2. The number of benzene rings is 2. The minimum atomic E-state index is -2.78. The fourth-order valence-electron chi connectivity index (χ4n) is 3.63. The number of ketones is 2. The van der Waals surface area contributed by atoms with Gasteiger partial charge in [-0.05, 0) is 35.2 Å². The second kappa shape index (κ2) is 6.08. The van der Waals surface area contributed by atoms with Crippen molar-refractivity contribution in [3.8, 4) is 11.5 Å². The number of carbonyl (C=O) groups excluding carboxylic acids is 3. The number of Topliss-reactive ketones (excluding diaryl/α,β-unsaturated/α-hetero) is 2. The highest BCUT2D eigenvalue weighted by molar-refractivity contribution is 6.30. The second-order valence-electron chi connectivity index (χ2n) is 6.47. The lowest BCUT2D eigenvalue weighted by Crippen LogP contribution is -2.56. The summed E-state index contributed by atoms with van der Waals surface area (Å²) in [5.41, 5.74) is 1.90. The molecule has 2 aliphatic carbocycles. The van der Waals surface area contributed by atoms with Crippen molar-refractivity contribution in [2.24, 2.45) is 11.7 Å². The monoisotopic (exact) mass is 403 g/mol. The molecule has 28 heavy (non-hydrogen) atoms. The number of hydrogen-bond donors (Lipinski definition) is 5. The number of aromatic hydroxyl groups is 2. The lowest BCUT2D eigenvalue weighted by molar-refractivity contribution is -0.140. The first-order valence-corrected chi connectivity index (χ1v) is 7.89. The molecule has 6 N–H and O–H groups in total. The van der Waals surface area contributed by atoms with Crippen LogP contribution in [0.4, 0.5) is 0 Å². The topological polar surface area (TPSA) is 158 Å². The van der Waals surface area contributed by atoms with Gasteiger partial charge in [0.25, 0.3) is 0 Å². The van der Waals surface area contributed by atoms with Crippen molar-refractivity contribution in [1.82, 2.24) is 0 Å². The predicted octanol–water partition coefficient (Wildman–Crippen LogP) is 1.11. The second-order valence-corrected chi connectivity index (χ2v) is 6.47. The van der Waals surface area contributed by atoms with E-state index in [0.717, 1.165) is 6.08 Å². The van der Waals surface area contributed by atoms with E-state index in [9.17, 15) is 34.8 Å². The molecule has 2 aromatic rings. The summed E-state index contributed by atoms with van der Waals surface area (Å²) in [7, 11) is 0. The lowest BCUT2D eigenvalue weighted by Gasteiger charge is -2.36. The third-order valence-corrected chi connectivity index (χ3v) is 4.93. The van der Waals surface area contributed by atoms with Gasteiger partial charge in [0.05, 0.1) is 10.9 Å². The summed E-state index contributed by atoms with van der Waals surface area (Å²) in [6.45, 7) is 0. The predicted molar refractivity (Wildman–Crippen MR) is 100 cm³/mol. The minimum absolute atomic E-state index is 0. The van der Waals surface area contributed by atoms with Gasteiger partial charge in [-0.25, -0.2) is 0 Å². The Bertz CT molecular complexity index is 1150. The Kier molecular flexibility index (Phi) is 4.21. The molecular weight excluding hydrogens is 390 g/mol. The quantitative estimate of drug-likeness (QED) is 0.446. The first kappa shape index (κ1) is 19.4. The molecule has 2 aromatic carbocycles. The number of nitrogens with two attached hydrogens (primary N) is 1. The zero-order chi connectivity index (χ0) is 19.7. The number of halogens is 1. The molecule has 0 saturated heterocycles. The van der Waals surface area contributed by atoms with Crippen molar-refractivity contribution in [2.45, 2.75) is 5.60 Å². The van der Waals surface area contributed by atoms with E-state index >= 15 is 0 Å². The number of carbonyl (C=O) groups is 3. The zero-order valence-corrected chi connectivity index (χ0v) is 14.9. The van der Waals surface area contributed by atoms with E-state index in [0.29, 0.717) is 5.39 Å². The zero-order valence-electron chi connectivity index (χ0n) is 14.0. The van der Waals surface area contributed by atoms with Gasteiger partial charge in [-0.2, -0.15) is 0 Å². The highest BCUT2D eigenvalue weighted by atomic mass is 35.5. The van der Waals surface area contributed by atoms with Gasteiger partial charge in [0.1, 0.15) is 17.3 Å². The number of fused-ring (bicyclic) bond motifs is 3. The van der Waals surface area contributed by atoms with Crippen LogP contribution >= 0.6 is 12.4 Å². The average molecular weight is 404 g/mol. The van der Waals surface area contributed by atoms with Gasteiger partial charge in [-0.1, -0.05) is 12.1 Å². The number of aliphatic hydroxyl groups is 2. The molecule has 1 amide bonds. The SMILES string of the molecule is Cl.NC(=O)C1C(=O)C2(O)C(=O)c3c(cc4cccc(O)c4c3O)C=C2C=C1O. The standard InChI is InChI=1S/C19H13NO7.ClH/c20-18(26)14-11(22)6-9-5-8-4-7-2-1-3-10(21)12(7)15(23)13(8)16(24)19(9,27)17(14)25;/h1-6,14,21-23,27H,(H2,20,26);1H. The van der Waals surface area contributed by atoms with Crippen LogP contribution in [0, 0.1) is 5.92 Å². The molecule has 9 heteroatoms. The van der Waals surface area contributed by atoms with Crippen LogP contribution in [-0.2, 0) is 9.59 Å².